The van der Waals surface area contributed by atoms with Gasteiger partial charge in [0.2, 0.25) is 12.7 Å². The normalized spacial score (nSPS) is 21.9. The third kappa shape index (κ3) is 2.71. The van der Waals surface area contributed by atoms with Gasteiger partial charge in [-0.25, -0.2) is 0 Å². The molecule has 1 amide bonds. The summed E-state index contributed by atoms with van der Waals surface area (Å²) < 4.78 is 10.7. The minimum atomic E-state index is -0.261. The molecule has 1 fully saturated rings. The molecule has 20 heavy (non-hydrogen) atoms. The zero-order valence-corrected chi connectivity index (χ0v) is 11.3. The topological polar surface area (TPSA) is 76.8 Å². The van der Waals surface area contributed by atoms with E-state index in [9.17, 15) is 4.79 Å². The average molecular weight is 277 g/mol. The third-order valence-electron chi connectivity index (χ3n) is 3.81. The molecule has 1 atom stereocenters. The van der Waals surface area contributed by atoms with Crippen LogP contribution >= 0.6 is 0 Å². The van der Waals surface area contributed by atoms with E-state index in [2.05, 4.69) is 10.2 Å². The van der Waals surface area contributed by atoms with Gasteiger partial charge in [-0.15, -0.1) is 0 Å². The van der Waals surface area contributed by atoms with Crippen LogP contribution in [0.2, 0.25) is 0 Å². The van der Waals surface area contributed by atoms with Gasteiger partial charge in [-0.05, 0) is 24.1 Å². The number of carbonyl (C=O) groups is 1. The molecule has 0 spiro atoms. The first-order valence-corrected chi connectivity index (χ1v) is 6.86. The molecule has 0 saturated carbocycles. The lowest BCUT2D eigenvalue weighted by molar-refractivity contribution is -0.123. The van der Waals surface area contributed by atoms with Crippen LogP contribution in [0.25, 0.3) is 0 Å². The second-order valence-electron chi connectivity index (χ2n) is 5.10. The SMILES string of the molecule is NC(=O)C1CNCCN1CCc1ccc2c(c1)OCO2. The quantitative estimate of drug-likeness (QED) is 0.791. The van der Waals surface area contributed by atoms with Gasteiger partial charge in [0, 0.05) is 26.2 Å². The molecular weight excluding hydrogens is 258 g/mol. The number of carbonyl (C=O) groups excluding carboxylic acids is 1. The Bertz CT molecular complexity index is 506. The van der Waals surface area contributed by atoms with Crippen molar-refractivity contribution in [2.45, 2.75) is 12.5 Å². The van der Waals surface area contributed by atoms with Crippen LogP contribution in [-0.2, 0) is 11.2 Å². The maximum atomic E-state index is 11.4. The minimum absolute atomic E-state index is 0.210. The molecule has 0 aliphatic carbocycles. The van der Waals surface area contributed by atoms with Crippen molar-refractivity contribution in [2.24, 2.45) is 5.73 Å². The molecule has 2 aliphatic rings. The second-order valence-corrected chi connectivity index (χ2v) is 5.10. The summed E-state index contributed by atoms with van der Waals surface area (Å²) in [5.41, 5.74) is 6.62. The standard InChI is InChI=1S/C14H19N3O3/c15-14(18)11-8-16-4-6-17(11)5-3-10-1-2-12-13(7-10)20-9-19-12/h1-2,7,11,16H,3-6,8-9H2,(H2,15,18). The Morgan fingerprint density at radius 3 is 3.10 bits per heavy atom. The van der Waals surface area contributed by atoms with E-state index in [4.69, 9.17) is 15.2 Å². The smallest absolute Gasteiger partial charge is 0.236 e. The molecule has 0 radical (unpaired) electrons. The van der Waals surface area contributed by atoms with Gasteiger partial charge in [0.25, 0.3) is 0 Å². The van der Waals surface area contributed by atoms with E-state index in [1.54, 1.807) is 0 Å². The summed E-state index contributed by atoms with van der Waals surface area (Å²) in [6.07, 6.45) is 0.862. The Labute approximate surface area is 117 Å². The largest absolute Gasteiger partial charge is 0.454 e. The fraction of sp³-hybridized carbons (Fsp3) is 0.500. The van der Waals surface area contributed by atoms with Gasteiger partial charge >= 0.3 is 0 Å². The zero-order valence-electron chi connectivity index (χ0n) is 11.3. The molecule has 3 N–H and O–H groups in total. The van der Waals surface area contributed by atoms with Crippen molar-refractivity contribution >= 4 is 5.91 Å². The molecule has 1 unspecified atom stereocenters. The number of hydrogen-bond donors (Lipinski definition) is 2. The third-order valence-corrected chi connectivity index (χ3v) is 3.81. The Morgan fingerprint density at radius 2 is 2.25 bits per heavy atom. The molecule has 2 heterocycles. The second kappa shape index (κ2) is 5.68. The van der Waals surface area contributed by atoms with Gasteiger partial charge in [-0.1, -0.05) is 6.07 Å². The summed E-state index contributed by atoms with van der Waals surface area (Å²) in [7, 11) is 0. The number of fused-ring (bicyclic) bond motifs is 1. The maximum Gasteiger partial charge on any atom is 0.236 e. The first-order valence-electron chi connectivity index (χ1n) is 6.86. The van der Waals surface area contributed by atoms with E-state index in [1.165, 1.54) is 5.56 Å². The van der Waals surface area contributed by atoms with Crippen molar-refractivity contribution in [3.05, 3.63) is 23.8 Å². The number of benzene rings is 1. The Morgan fingerprint density at radius 1 is 1.40 bits per heavy atom. The first kappa shape index (κ1) is 13.2. The minimum Gasteiger partial charge on any atom is -0.454 e. The summed E-state index contributed by atoms with van der Waals surface area (Å²) in [6, 6.07) is 5.76. The number of nitrogens with zero attached hydrogens (tertiary/aromatic N) is 1. The zero-order chi connectivity index (χ0) is 13.9. The van der Waals surface area contributed by atoms with Crippen LogP contribution < -0.4 is 20.5 Å². The van der Waals surface area contributed by atoms with E-state index in [1.807, 2.05) is 18.2 Å². The van der Waals surface area contributed by atoms with E-state index < -0.39 is 0 Å². The number of primary amides is 1. The van der Waals surface area contributed by atoms with Gasteiger partial charge < -0.3 is 20.5 Å². The highest BCUT2D eigenvalue weighted by Crippen LogP contribution is 2.32. The van der Waals surface area contributed by atoms with Gasteiger partial charge in [-0.3, -0.25) is 9.69 Å². The maximum absolute atomic E-state index is 11.4. The molecule has 1 aromatic rings. The predicted molar refractivity (Wildman–Crippen MR) is 73.7 cm³/mol. The van der Waals surface area contributed by atoms with Crippen molar-refractivity contribution in [1.29, 1.82) is 0 Å². The molecule has 108 valence electrons. The van der Waals surface area contributed by atoms with Crippen LogP contribution in [0.15, 0.2) is 18.2 Å². The van der Waals surface area contributed by atoms with Crippen molar-refractivity contribution in [2.75, 3.05) is 33.0 Å². The Hall–Kier alpha value is -1.79. The number of hydrogen-bond acceptors (Lipinski definition) is 5. The molecule has 1 saturated heterocycles. The molecule has 3 rings (SSSR count). The van der Waals surface area contributed by atoms with E-state index in [0.717, 1.165) is 37.6 Å². The highest BCUT2D eigenvalue weighted by Gasteiger charge is 2.26. The number of nitrogens with one attached hydrogen (secondary N) is 1. The summed E-state index contributed by atoms with van der Waals surface area (Å²) in [4.78, 5) is 13.6. The summed E-state index contributed by atoms with van der Waals surface area (Å²) in [5.74, 6) is 1.34. The number of rotatable bonds is 4. The predicted octanol–water partition coefficient (Wildman–Crippen LogP) is -0.283. The lowest BCUT2D eigenvalue weighted by Crippen LogP contribution is -2.57. The average Bonchev–Trinajstić information content (AvgIpc) is 2.92. The summed E-state index contributed by atoms with van der Waals surface area (Å²) in [6.45, 7) is 3.48. The highest BCUT2D eigenvalue weighted by atomic mass is 16.7. The van der Waals surface area contributed by atoms with Crippen molar-refractivity contribution < 1.29 is 14.3 Å². The number of piperazine rings is 1. The van der Waals surface area contributed by atoms with Crippen LogP contribution in [-0.4, -0.2) is 49.8 Å². The van der Waals surface area contributed by atoms with Gasteiger partial charge in [0.15, 0.2) is 11.5 Å². The fourth-order valence-electron chi connectivity index (χ4n) is 2.66. The molecule has 0 bridgehead atoms. The molecule has 6 heteroatoms. The highest BCUT2D eigenvalue weighted by molar-refractivity contribution is 5.80. The van der Waals surface area contributed by atoms with Crippen LogP contribution in [0.1, 0.15) is 5.56 Å². The molecule has 0 aromatic heterocycles. The van der Waals surface area contributed by atoms with E-state index in [0.29, 0.717) is 13.3 Å². The number of nitrogens with two attached hydrogens (primary N) is 1. The number of ether oxygens (including phenoxy) is 2. The van der Waals surface area contributed by atoms with Crippen LogP contribution in [0.4, 0.5) is 0 Å². The van der Waals surface area contributed by atoms with E-state index >= 15 is 0 Å². The summed E-state index contributed by atoms with van der Waals surface area (Å²) in [5, 5.41) is 3.20. The first-order chi connectivity index (χ1) is 9.74. The molecular formula is C14H19N3O3. The lowest BCUT2D eigenvalue weighted by Gasteiger charge is -2.34. The van der Waals surface area contributed by atoms with Crippen molar-refractivity contribution in [1.82, 2.24) is 10.2 Å². The Kier molecular flexibility index (Phi) is 3.75. The monoisotopic (exact) mass is 277 g/mol. The van der Waals surface area contributed by atoms with Crippen LogP contribution in [0.5, 0.6) is 11.5 Å². The number of amides is 1. The lowest BCUT2D eigenvalue weighted by atomic mass is 10.1. The molecule has 1 aromatic carbocycles. The van der Waals surface area contributed by atoms with Crippen LogP contribution in [0, 0.1) is 0 Å². The van der Waals surface area contributed by atoms with Crippen molar-refractivity contribution in [3.63, 3.8) is 0 Å². The van der Waals surface area contributed by atoms with E-state index in [-0.39, 0.29) is 11.9 Å². The summed E-state index contributed by atoms with van der Waals surface area (Å²) >= 11 is 0. The van der Waals surface area contributed by atoms with Crippen LogP contribution in [0.3, 0.4) is 0 Å². The molecule has 2 aliphatic heterocycles. The van der Waals surface area contributed by atoms with Crippen molar-refractivity contribution in [3.8, 4) is 11.5 Å². The van der Waals surface area contributed by atoms with Gasteiger partial charge in [-0.2, -0.15) is 0 Å². The van der Waals surface area contributed by atoms with Gasteiger partial charge in [0.05, 0.1) is 0 Å². The Balaban J connectivity index is 1.62. The fourth-order valence-corrected chi connectivity index (χ4v) is 2.66. The molecule has 6 nitrogen and oxygen atoms in total. The van der Waals surface area contributed by atoms with Gasteiger partial charge in [0.1, 0.15) is 6.04 Å².